The summed E-state index contributed by atoms with van der Waals surface area (Å²) in [5.41, 5.74) is 2.77. The number of thioether (sulfide) groups is 1. The van der Waals surface area contributed by atoms with Gasteiger partial charge in [-0.1, -0.05) is 42.5 Å². The number of methoxy groups -OCH3 is 1. The molecule has 3 aromatic carbocycles. The topological polar surface area (TPSA) is 105 Å². The van der Waals surface area contributed by atoms with Gasteiger partial charge in [0.2, 0.25) is 0 Å². The van der Waals surface area contributed by atoms with Gasteiger partial charge in [0.15, 0.2) is 0 Å². The summed E-state index contributed by atoms with van der Waals surface area (Å²) in [7, 11) is -0.878. The van der Waals surface area contributed by atoms with Crippen LogP contribution in [0.25, 0.3) is 0 Å². The van der Waals surface area contributed by atoms with Crippen molar-refractivity contribution in [2.24, 2.45) is 0 Å². The number of hydrogen-bond donors (Lipinski definition) is 2. The molecule has 2 amide bonds. The minimum Gasteiger partial charge on any atom is -0.495 e. The number of carbonyl (C=O) groups is 2. The SMILES string of the molecule is COc1ccccc1S(=O)(=O)Nc1cc2c(c(SCC(=O)CCc3ccccc3)c1)NC(=O)N(C)C2. The van der Waals surface area contributed by atoms with Crippen LogP contribution in [0.15, 0.2) is 76.5 Å². The van der Waals surface area contributed by atoms with Gasteiger partial charge in [-0.25, -0.2) is 13.2 Å². The third kappa shape index (κ3) is 6.00. The number of ketones is 1. The molecule has 0 bridgehead atoms. The number of Topliss-reactive ketones (excluding diaryl/α,β-unsaturated/α-hetero) is 1. The quantitative estimate of drug-likeness (QED) is 0.370. The number of para-hydroxylation sites is 1. The third-order valence-electron chi connectivity index (χ3n) is 5.70. The van der Waals surface area contributed by atoms with Crippen LogP contribution < -0.4 is 14.8 Å². The Morgan fingerprint density at radius 3 is 2.58 bits per heavy atom. The average molecular weight is 526 g/mol. The summed E-state index contributed by atoms with van der Waals surface area (Å²) in [6.07, 6.45) is 1.05. The van der Waals surface area contributed by atoms with Crippen molar-refractivity contribution in [1.29, 1.82) is 0 Å². The molecular formula is C26H27N3O5S2. The van der Waals surface area contributed by atoms with Gasteiger partial charge in [0, 0.05) is 24.9 Å². The highest BCUT2D eigenvalue weighted by atomic mass is 32.2. The van der Waals surface area contributed by atoms with Crippen LogP contribution in [0.1, 0.15) is 17.5 Å². The number of benzene rings is 3. The molecule has 3 aromatic rings. The summed E-state index contributed by atoms with van der Waals surface area (Å²) >= 11 is 1.28. The van der Waals surface area contributed by atoms with Gasteiger partial charge in [-0.15, -0.1) is 11.8 Å². The predicted molar refractivity (Wildman–Crippen MR) is 141 cm³/mol. The fourth-order valence-electron chi connectivity index (χ4n) is 3.85. The Morgan fingerprint density at radius 2 is 1.83 bits per heavy atom. The molecule has 2 N–H and O–H groups in total. The molecule has 0 aliphatic carbocycles. The van der Waals surface area contributed by atoms with Crippen molar-refractivity contribution >= 4 is 45.0 Å². The first kappa shape index (κ1) is 25.6. The summed E-state index contributed by atoms with van der Waals surface area (Å²) in [4.78, 5) is 27.0. The van der Waals surface area contributed by atoms with Crippen molar-refractivity contribution < 1.29 is 22.7 Å². The number of aryl methyl sites for hydroxylation is 1. The lowest BCUT2D eigenvalue weighted by atomic mass is 10.1. The molecule has 0 spiro atoms. The Hall–Kier alpha value is -3.50. The van der Waals surface area contributed by atoms with E-state index in [0.29, 0.717) is 35.7 Å². The first-order chi connectivity index (χ1) is 17.3. The lowest BCUT2D eigenvalue weighted by molar-refractivity contribution is -0.116. The number of anilines is 2. The zero-order valence-corrected chi connectivity index (χ0v) is 21.6. The Labute approximate surface area is 215 Å². The highest BCUT2D eigenvalue weighted by Gasteiger charge is 2.25. The van der Waals surface area contributed by atoms with Gasteiger partial charge in [0.1, 0.15) is 16.4 Å². The number of fused-ring (bicyclic) bond motifs is 1. The highest BCUT2D eigenvalue weighted by molar-refractivity contribution is 8.00. The lowest BCUT2D eigenvalue weighted by Crippen LogP contribution is -2.35. The van der Waals surface area contributed by atoms with Crippen molar-refractivity contribution in [1.82, 2.24) is 4.90 Å². The fraction of sp³-hybridized carbons (Fsp3) is 0.231. The van der Waals surface area contributed by atoms with Crippen LogP contribution in [-0.4, -0.2) is 45.0 Å². The monoisotopic (exact) mass is 525 g/mol. The summed E-state index contributed by atoms with van der Waals surface area (Å²) in [5, 5.41) is 2.86. The standard InChI is InChI=1S/C26H27N3O5S2/c1-29-16-19-14-20(28-36(32,33)24-11-7-6-10-22(24)34-2)15-23(25(19)27-26(29)31)35-17-21(30)13-12-18-8-4-3-5-9-18/h3-11,14-15,28H,12-13,16-17H2,1-2H3,(H,27,31). The molecule has 36 heavy (non-hydrogen) atoms. The molecule has 8 nitrogen and oxygen atoms in total. The van der Waals surface area contributed by atoms with E-state index in [-0.39, 0.29) is 28.2 Å². The molecular weight excluding hydrogens is 498 g/mol. The number of amides is 2. The van der Waals surface area contributed by atoms with Gasteiger partial charge in [0.25, 0.3) is 10.0 Å². The van der Waals surface area contributed by atoms with Crippen molar-refractivity contribution in [3.63, 3.8) is 0 Å². The molecule has 188 valence electrons. The molecule has 0 saturated heterocycles. The molecule has 0 aromatic heterocycles. The van der Waals surface area contributed by atoms with Crippen LogP contribution in [0, 0.1) is 0 Å². The second-order valence-electron chi connectivity index (χ2n) is 8.36. The van der Waals surface area contributed by atoms with Crippen molar-refractivity contribution in [3.8, 4) is 5.75 Å². The number of sulfonamides is 1. The number of ether oxygens (including phenoxy) is 1. The zero-order chi connectivity index (χ0) is 25.7. The minimum absolute atomic E-state index is 0.0148. The maximum atomic E-state index is 13.1. The normalized spacial score (nSPS) is 13.1. The molecule has 10 heteroatoms. The first-order valence-corrected chi connectivity index (χ1v) is 13.8. The van der Waals surface area contributed by atoms with E-state index in [0.717, 1.165) is 11.1 Å². The molecule has 0 unspecified atom stereocenters. The van der Waals surface area contributed by atoms with E-state index < -0.39 is 10.0 Å². The van der Waals surface area contributed by atoms with Crippen molar-refractivity contribution in [3.05, 3.63) is 77.9 Å². The van der Waals surface area contributed by atoms with Crippen LogP contribution >= 0.6 is 11.8 Å². The van der Waals surface area contributed by atoms with Gasteiger partial charge < -0.3 is 15.0 Å². The van der Waals surface area contributed by atoms with E-state index in [1.54, 1.807) is 37.4 Å². The number of carbonyl (C=O) groups excluding carboxylic acids is 2. The van der Waals surface area contributed by atoms with Crippen LogP contribution in [-0.2, 0) is 27.8 Å². The molecule has 1 heterocycles. The molecule has 1 aliphatic rings. The molecule has 0 radical (unpaired) electrons. The Balaban J connectivity index is 1.56. The number of rotatable bonds is 10. The molecule has 1 aliphatic heterocycles. The Morgan fingerprint density at radius 1 is 1.11 bits per heavy atom. The van der Waals surface area contributed by atoms with Gasteiger partial charge in [-0.05, 0) is 41.8 Å². The van der Waals surface area contributed by atoms with E-state index in [2.05, 4.69) is 10.0 Å². The molecule has 4 rings (SSSR count). The molecule has 0 atom stereocenters. The first-order valence-electron chi connectivity index (χ1n) is 11.3. The van der Waals surface area contributed by atoms with Crippen LogP contribution in [0.2, 0.25) is 0 Å². The van der Waals surface area contributed by atoms with Gasteiger partial charge in [-0.2, -0.15) is 0 Å². The summed E-state index contributed by atoms with van der Waals surface area (Å²) in [6.45, 7) is 0.306. The largest absolute Gasteiger partial charge is 0.495 e. The predicted octanol–water partition coefficient (Wildman–Crippen LogP) is 4.77. The van der Waals surface area contributed by atoms with Gasteiger partial charge in [0.05, 0.1) is 24.2 Å². The smallest absolute Gasteiger partial charge is 0.321 e. The number of hydrogen-bond acceptors (Lipinski definition) is 6. The fourth-order valence-corrected chi connectivity index (χ4v) is 6.06. The second kappa shape index (κ2) is 11.0. The molecule has 0 fully saturated rings. The van der Waals surface area contributed by atoms with Crippen molar-refractivity contribution in [2.75, 3.05) is 29.9 Å². The maximum absolute atomic E-state index is 13.1. The third-order valence-corrected chi connectivity index (χ3v) is 8.22. The van der Waals surface area contributed by atoms with E-state index >= 15 is 0 Å². The van der Waals surface area contributed by atoms with Gasteiger partial charge in [-0.3, -0.25) is 9.52 Å². The summed E-state index contributed by atoms with van der Waals surface area (Å²) in [6, 6.07) is 19.2. The van der Waals surface area contributed by atoms with E-state index in [9.17, 15) is 18.0 Å². The van der Waals surface area contributed by atoms with E-state index in [1.807, 2.05) is 30.3 Å². The van der Waals surface area contributed by atoms with Crippen LogP contribution in [0.5, 0.6) is 5.75 Å². The van der Waals surface area contributed by atoms with Gasteiger partial charge >= 0.3 is 6.03 Å². The summed E-state index contributed by atoms with van der Waals surface area (Å²) in [5.74, 6) is 0.499. The minimum atomic E-state index is -3.95. The highest BCUT2D eigenvalue weighted by Crippen LogP contribution is 2.38. The number of urea groups is 1. The second-order valence-corrected chi connectivity index (χ2v) is 11.0. The molecule has 0 saturated carbocycles. The Kier molecular flexibility index (Phi) is 7.85. The lowest BCUT2D eigenvalue weighted by Gasteiger charge is -2.28. The van der Waals surface area contributed by atoms with E-state index in [1.165, 1.54) is 29.8 Å². The Bertz CT molecular complexity index is 1380. The van der Waals surface area contributed by atoms with Crippen LogP contribution in [0.3, 0.4) is 0 Å². The average Bonchev–Trinajstić information content (AvgIpc) is 2.87. The van der Waals surface area contributed by atoms with Crippen LogP contribution in [0.4, 0.5) is 16.2 Å². The van der Waals surface area contributed by atoms with E-state index in [4.69, 9.17) is 4.74 Å². The number of nitrogens with one attached hydrogen (secondary N) is 2. The maximum Gasteiger partial charge on any atom is 0.321 e. The summed E-state index contributed by atoms with van der Waals surface area (Å²) < 4.78 is 34.1. The zero-order valence-electron chi connectivity index (χ0n) is 20.0. The number of nitrogens with zero attached hydrogens (tertiary/aromatic N) is 1. The van der Waals surface area contributed by atoms with Crippen molar-refractivity contribution in [2.45, 2.75) is 29.2 Å².